The molecule has 0 bridgehead atoms. The van der Waals surface area contributed by atoms with Gasteiger partial charge in [-0.05, 0) is 43.2 Å². The number of carbonyl (C=O) groups is 2. The predicted octanol–water partition coefficient (Wildman–Crippen LogP) is 2.94. The summed E-state index contributed by atoms with van der Waals surface area (Å²) in [5, 5.41) is 12.4. The third-order valence-corrected chi connectivity index (χ3v) is 5.06. The van der Waals surface area contributed by atoms with Crippen molar-refractivity contribution in [1.82, 2.24) is 5.32 Å². The molecule has 2 N–H and O–H groups in total. The fourth-order valence-corrected chi connectivity index (χ4v) is 3.98. The fourth-order valence-electron chi connectivity index (χ4n) is 2.80. The molecule has 0 saturated heterocycles. The SMILES string of the molecule is CCSC1CCCC(NC(=O)c2cccc(OCC(=O)O)c2)C1. The minimum Gasteiger partial charge on any atom is -0.482 e. The molecule has 2 atom stereocenters. The second kappa shape index (κ2) is 8.82. The van der Waals surface area contributed by atoms with Gasteiger partial charge < -0.3 is 15.2 Å². The van der Waals surface area contributed by atoms with Crippen LogP contribution >= 0.6 is 11.8 Å². The van der Waals surface area contributed by atoms with Crippen molar-refractivity contribution in [3.05, 3.63) is 29.8 Å². The van der Waals surface area contributed by atoms with Crippen molar-refractivity contribution in [2.45, 2.75) is 43.9 Å². The number of ether oxygens (including phenoxy) is 1. The second-order valence-corrected chi connectivity index (χ2v) is 7.20. The number of rotatable bonds is 7. The van der Waals surface area contributed by atoms with Gasteiger partial charge >= 0.3 is 5.97 Å². The van der Waals surface area contributed by atoms with E-state index < -0.39 is 12.6 Å². The number of carbonyl (C=O) groups excluding carboxylic acids is 1. The first kappa shape index (κ1) is 17.7. The van der Waals surface area contributed by atoms with Crippen LogP contribution in [0.15, 0.2) is 24.3 Å². The Kier molecular flexibility index (Phi) is 6.77. The van der Waals surface area contributed by atoms with Crippen LogP contribution in [0.3, 0.4) is 0 Å². The fraction of sp³-hybridized carbons (Fsp3) is 0.529. The van der Waals surface area contributed by atoms with Crippen LogP contribution in [0.5, 0.6) is 5.75 Å². The highest BCUT2D eigenvalue weighted by atomic mass is 32.2. The maximum absolute atomic E-state index is 12.4. The Balaban J connectivity index is 1.92. The average Bonchev–Trinajstić information content (AvgIpc) is 2.54. The van der Waals surface area contributed by atoms with Crippen LogP contribution < -0.4 is 10.1 Å². The van der Waals surface area contributed by atoms with E-state index in [0.717, 1.165) is 25.0 Å². The van der Waals surface area contributed by atoms with Gasteiger partial charge in [-0.1, -0.05) is 19.4 Å². The zero-order valence-electron chi connectivity index (χ0n) is 13.3. The Morgan fingerprint density at radius 3 is 2.96 bits per heavy atom. The zero-order chi connectivity index (χ0) is 16.7. The smallest absolute Gasteiger partial charge is 0.341 e. The lowest BCUT2D eigenvalue weighted by Gasteiger charge is -2.29. The van der Waals surface area contributed by atoms with E-state index in [1.165, 1.54) is 6.42 Å². The number of thioether (sulfide) groups is 1. The molecule has 6 heteroatoms. The van der Waals surface area contributed by atoms with Crippen LogP contribution in [0.1, 0.15) is 43.0 Å². The number of nitrogens with one attached hydrogen (secondary N) is 1. The van der Waals surface area contributed by atoms with Crippen molar-refractivity contribution in [1.29, 1.82) is 0 Å². The maximum Gasteiger partial charge on any atom is 0.341 e. The summed E-state index contributed by atoms with van der Waals surface area (Å²) < 4.78 is 5.11. The Hall–Kier alpha value is -1.69. The number of hydrogen-bond acceptors (Lipinski definition) is 4. The minimum atomic E-state index is -1.04. The van der Waals surface area contributed by atoms with Gasteiger partial charge in [0.05, 0.1) is 0 Å². The Bertz CT molecular complexity index is 547. The van der Waals surface area contributed by atoms with E-state index in [4.69, 9.17) is 9.84 Å². The van der Waals surface area contributed by atoms with Crippen LogP contribution in [-0.2, 0) is 4.79 Å². The van der Waals surface area contributed by atoms with Gasteiger partial charge in [-0.2, -0.15) is 11.8 Å². The van der Waals surface area contributed by atoms with Crippen molar-refractivity contribution >= 4 is 23.6 Å². The summed E-state index contributed by atoms with van der Waals surface area (Å²) in [5.74, 6) is 0.330. The molecule has 0 aromatic heterocycles. The molecule has 1 aromatic rings. The Labute approximate surface area is 140 Å². The highest BCUT2D eigenvalue weighted by Gasteiger charge is 2.23. The van der Waals surface area contributed by atoms with E-state index in [2.05, 4.69) is 12.2 Å². The van der Waals surface area contributed by atoms with E-state index in [1.807, 2.05) is 11.8 Å². The summed E-state index contributed by atoms with van der Waals surface area (Å²) in [6, 6.07) is 6.85. The Morgan fingerprint density at radius 2 is 2.22 bits per heavy atom. The molecule has 126 valence electrons. The molecule has 0 heterocycles. The van der Waals surface area contributed by atoms with E-state index >= 15 is 0 Å². The molecule has 2 unspecified atom stereocenters. The van der Waals surface area contributed by atoms with Crippen LogP contribution in [0.2, 0.25) is 0 Å². The lowest BCUT2D eigenvalue weighted by Crippen LogP contribution is -2.39. The van der Waals surface area contributed by atoms with Gasteiger partial charge in [0.25, 0.3) is 5.91 Å². The van der Waals surface area contributed by atoms with Gasteiger partial charge in [0.15, 0.2) is 6.61 Å². The molecule has 1 aromatic carbocycles. The highest BCUT2D eigenvalue weighted by Crippen LogP contribution is 2.28. The molecule has 5 nitrogen and oxygen atoms in total. The average molecular weight is 337 g/mol. The third-order valence-electron chi connectivity index (χ3n) is 3.82. The summed E-state index contributed by atoms with van der Waals surface area (Å²) >= 11 is 1.96. The molecule has 1 aliphatic rings. The quantitative estimate of drug-likeness (QED) is 0.800. The molecule has 1 fully saturated rings. The number of benzene rings is 1. The van der Waals surface area contributed by atoms with Crippen molar-refractivity contribution in [3.8, 4) is 5.75 Å². The van der Waals surface area contributed by atoms with E-state index in [1.54, 1.807) is 24.3 Å². The normalized spacial score (nSPS) is 20.7. The molecular weight excluding hydrogens is 314 g/mol. The van der Waals surface area contributed by atoms with Crippen molar-refractivity contribution in [2.24, 2.45) is 0 Å². The van der Waals surface area contributed by atoms with Gasteiger partial charge in [0.2, 0.25) is 0 Å². The summed E-state index contributed by atoms with van der Waals surface area (Å²) in [4.78, 5) is 22.9. The molecule has 23 heavy (non-hydrogen) atoms. The first-order valence-corrected chi connectivity index (χ1v) is 9.00. The third kappa shape index (κ3) is 5.78. The summed E-state index contributed by atoms with van der Waals surface area (Å²) in [5.41, 5.74) is 0.498. The lowest BCUT2D eigenvalue weighted by molar-refractivity contribution is -0.139. The van der Waals surface area contributed by atoms with Crippen LogP contribution in [0, 0.1) is 0 Å². The molecule has 0 spiro atoms. The predicted molar refractivity (Wildman–Crippen MR) is 91.2 cm³/mol. The molecule has 1 amide bonds. The van der Waals surface area contributed by atoms with Crippen LogP contribution in [0.25, 0.3) is 0 Å². The summed E-state index contributed by atoms with van der Waals surface area (Å²) in [6.45, 7) is 1.75. The van der Waals surface area contributed by atoms with Gasteiger partial charge in [-0.3, -0.25) is 4.79 Å². The minimum absolute atomic E-state index is 0.127. The molecule has 1 aliphatic carbocycles. The lowest BCUT2D eigenvalue weighted by atomic mass is 9.94. The summed E-state index contributed by atoms with van der Waals surface area (Å²) in [6.07, 6.45) is 4.40. The topological polar surface area (TPSA) is 75.6 Å². The van der Waals surface area contributed by atoms with Crippen molar-refractivity contribution in [2.75, 3.05) is 12.4 Å². The maximum atomic E-state index is 12.4. The molecule has 2 rings (SSSR count). The van der Waals surface area contributed by atoms with Crippen LogP contribution in [0.4, 0.5) is 0 Å². The second-order valence-electron chi connectivity index (χ2n) is 5.62. The van der Waals surface area contributed by atoms with Crippen molar-refractivity contribution < 1.29 is 19.4 Å². The Morgan fingerprint density at radius 1 is 1.39 bits per heavy atom. The molecule has 0 radical (unpaired) electrons. The number of aliphatic carboxylic acids is 1. The number of carboxylic acid groups (broad SMARTS) is 1. The van der Waals surface area contributed by atoms with E-state index in [-0.39, 0.29) is 11.9 Å². The van der Waals surface area contributed by atoms with E-state index in [9.17, 15) is 9.59 Å². The van der Waals surface area contributed by atoms with Crippen LogP contribution in [-0.4, -0.2) is 40.6 Å². The van der Waals surface area contributed by atoms with Crippen molar-refractivity contribution in [3.63, 3.8) is 0 Å². The number of hydrogen-bond donors (Lipinski definition) is 2. The standard InChI is InChI=1S/C17H23NO4S/c1-2-23-15-8-4-6-13(10-15)18-17(21)12-5-3-7-14(9-12)22-11-16(19)20/h3,5,7,9,13,15H,2,4,6,8,10-11H2,1H3,(H,18,21)(H,19,20). The van der Waals surface area contributed by atoms with E-state index in [0.29, 0.717) is 16.6 Å². The van der Waals surface area contributed by atoms with Gasteiger partial charge in [-0.15, -0.1) is 0 Å². The molecule has 0 aliphatic heterocycles. The zero-order valence-corrected chi connectivity index (χ0v) is 14.1. The monoisotopic (exact) mass is 337 g/mol. The molecular formula is C17H23NO4S. The first-order valence-electron chi connectivity index (χ1n) is 7.95. The highest BCUT2D eigenvalue weighted by molar-refractivity contribution is 7.99. The largest absolute Gasteiger partial charge is 0.482 e. The van der Waals surface area contributed by atoms with Gasteiger partial charge in [0, 0.05) is 16.9 Å². The first-order chi connectivity index (χ1) is 11.1. The number of carboxylic acids is 1. The van der Waals surface area contributed by atoms with Gasteiger partial charge in [-0.25, -0.2) is 4.79 Å². The number of amides is 1. The molecule has 1 saturated carbocycles. The summed E-state index contributed by atoms with van der Waals surface area (Å²) in [7, 11) is 0. The van der Waals surface area contributed by atoms with Gasteiger partial charge in [0.1, 0.15) is 5.75 Å².